The summed E-state index contributed by atoms with van der Waals surface area (Å²) in [4.78, 5) is 22.0. The molecule has 4 rings (SSSR count). The van der Waals surface area contributed by atoms with E-state index in [-0.39, 0.29) is 16.5 Å². The van der Waals surface area contributed by atoms with Crippen molar-refractivity contribution in [3.63, 3.8) is 0 Å². The lowest BCUT2D eigenvalue weighted by atomic mass is 10.2. The van der Waals surface area contributed by atoms with Crippen LogP contribution in [0.2, 0.25) is 0 Å². The van der Waals surface area contributed by atoms with Crippen LogP contribution in [0.4, 0.5) is 0 Å². The lowest BCUT2D eigenvalue weighted by Crippen LogP contribution is -2.25. The molecule has 0 fully saturated rings. The Balaban J connectivity index is 1.94. The highest BCUT2D eigenvalue weighted by molar-refractivity contribution is 9.10. The highest BCUT2D eigenvalue weighted by Crippen LogP contribution is 2.20. The van der Waals surface area contributed by atoms with Gasteiger partial charge in [-0.1, -0.05) is 40.2 Å². The standard InChI is InChI=1S/C20H14BrN3O2S/c21-14-9-10-18-17(12-14)19(25)24(16-7-2-1-3-8-16)20(23-18)27(26)13-15-6-4-5-11-22-15/h1-12H,13H2. The molecule has 0 amide bonds. The Morgan fingerprint density at radius 3 is 2.52 bits per heavy atom. The first kappa shape index (κ1) is 17.8. The molecular formula is C20H14BrN3O2S. The third kappa shape index (κ3) is 3.61. The molecule has 0 saturated carbocycles. The number of rotatable bonds is 4. The summed E-state index contributed by atoms with van der Waals surface area (Å²) >= 11 is 3.39. The number of nitrogens with zero attached hydrogens (tertiary/aromatic N) is 3. The van der Waals surface area contributed by atoms with Gasteiger partial charge in [0, 0.05) is 10.7 Å². The second-order valence-electron chi connectivity index (χ2n) is 5.84. The number of para-hydroxylation sites is 1. The van der Waals surface area contributed by atoms with Crippen LogP contribution in [0.25, 0.3) is 16.6 Å². The van der Waals surface area contributed by atoms with Gasteiger partial charge in [0.1, 0.15) is 0 Å². The van der Waals surface area contributed by atoms with Crippen molar-refractivity contribution >= 4 is 37.6 Å². The second kappa shape index (κ2) is 7.54. The van der Waals surface area contributed by atoms with Crippen LogP contribution in [-0.2, 0) is 16.6 Å². The fourth-order valence-corrected chi connectivity index (χ4v) is 4.30. The number of hydrogen-bond donors (Lipinski definition) is 0. The first-order valence-electron chi connectivity index (χ1n) is 8.19. The molecule has 27 heavy (non-hydrogen) atoms. The van der Waals surface area contributed by atoms with E-state index in [9.17, 15) is 9.00 Å². The summed E-state index contributed by atoms with van der Waals surface area (Å²) in [6.45, 7) is 0. The Kier molecular flexibility index (Phi) is 4.96. The molecule has 0 radical (unpaired) electrons. The summed E-state index contributed by atoms with van der Waals surface area (Å²) in [7, 11) is -1.54. The predicted molar refractivity (Wildman–Crippen MR) is 109 cm³/mol. The zero-order valence-electron chi connectivity index (χ0n) is 14.1. The van der Waals surface area contributed by atoms with Crippen LogP contribution in [0.3, 0.4) is 0 Å². The maximum Gasteiger partial charge on any atom is 0.266 e. The molecule has 0 spiro atoms. The Labute approximate surface area is 166 Å². The minimum absolute atomic E-state index is 0.183. The van der Waals surface area contributed by atoms with Crippen molar-refractivity contribution in [1.29, 1.82) is 0 Å². The summed E-state index contributed by atoms with van der Waals surface area (Å²) in [6.07, 6.45) is 1.65. The van der Waals surface area contributed by atoms with Crippen molar-refractivity contribution in [3.05, 3.63) is 93.4 Å². The van der Waals surface area contributed by atoms with Gasteiger partial charge >= 0.3 is 0 Å². The van der Waals surface area contributed by atoms with E-state index in [2.05, 4.69) is 25.9 Å². The highest BCUT2D eigenvalue weighted by Gasteiger charge is 2.18. The maximum absolute atomic E-state index is 13.2. The van der Waals surface area contributed by atoms with Gasteiger partial charge in [-0.25, -0.2) is 4.98 Å². The monoisotopic (exact) mass is 439 g/mol. The van der Waals surface area contributed by atoms with Crippen molar-refractivity contribution in [1.82, 2.24) is 14.5 Å². The van der Waals surface area contributed by atoms with Crippen LogP contribution in [-0.4, -0.2) is 18.7 Å². The van der Waals surface area contributed by atoms with Gasteiger partial charge in [0.2, 0.25) is 5.16 Å². The van der Waals surface area contributed by atoms with E-state index in [0.29, 0.717) is 22.3 Å². The third-order valence-corrected chi connectivity index (χ3v) is 5.75. The Hall–Kier alpha value is -2.64. The molecule has 2 aromatic carbocycles. The molecule has 0 N–H and O–H groups in total. The number of halogens is 1. The van der Waals surface area contributed by atoms with Gasteiger partial charge in [0.15, 0.2) is 0 Å². The molecule has 134 valence electrons. The van der Waals surface area contributed by atoms with E-state index in [1.54, 1.807) is 42.6 Å². The number of hydrogen-bond acceptors (Lipinski definition) is 4. The molecule has 2 heterocycles. The van der Waals surface area contributed by atoms with E-state index < -0.39 is 10.8 Å². The Morgan fingerprint density at radius 2 is 1.78 bits per heavy atom. The van der Waals surface area contributed by atoms with Crippen LogP contribution < -0.4 is 5.56 Å². The van der Waals surface area contributed by atoms with Crippen LogP contribution >= 0.6 is 15.9 Å². The van der Waals surface area contributed by atoms with Gasteiger partial charge in [0.05, 0.1) is 38.8 Å². The van der Waals surface area contributed by atoms with Crippen molar-refractivity contribution in [3.8, 4) is 5.69 Å². The van der Waals surface area contributed by atoms with Gasteiger partial charge in [-0.2, -0.15) is 0 Å². The van der Waals surface area contributed by atoms with E-state index in [0.717, 1.165) is 4.47 Å². The summed E-state index contributed by atoms with van der Waals surface area (Å²) < 4.78 is 15.3. The van der Waals surface area contributed by atoms with E-state index >= 15 is 0 Å². The maximum atomic E-state index is 13.2. The van der Waals surface area contributed by atoms with Crippen LogP contribution in [0.5, 0.6) is 0 Å². The first-order chi connectivity index (χ1) is 13.1. The lowest BCUT2D eigenvalue weighted by Gasteiger charge is -2.13. The van der Waals surface area contributed by atoms with Gasteiger partial charge in [-0.3, -0.25) is 18.6 Å². The number of aromatic nitrogens is 3. The van der Waals surface area contributed by atoms with Crippen LogP contribution in [0.15, 0.2) is 87.4 Å². The summed E-state index contributed by atoms with van der Waals surface area (Å²) in [6, 6.07) is 19.9. The average molecular weight is 440 g/mol. The zero-order chi connectivity index (χ0) is 18.8. The van der Waals surface area contributed by atoms with Gasteiger partial charge in [-0.05, 0) is 42.5 Å². The van der Waals surface area contributed by atoms with Crippen LogP contribution in [0, 0.1) is 0 Å². The Bertz CT molecular complexity index is 1190. The van der Waals surface area contributed by atoms with Gasteiger partial charge < -0.3 is 0 Å². The molecule has 0 aliphatic carbocycles. The number of pyridine rings is 1. The topological polar surface area (TPSA) is 64.8 Å². The highest BCUT2D eigenvalue weighted by atomic mass is 79.9. The molecule has 0 aliphatic heterocycles. The SMILES string of the molecule is O=c1c2cc(Br)ccc2nc(S(=O)Cc2ccccn2)n1-c1ccccc1. The lowest BCUT2D eigenvalue weighted by molar-refractivity contribution is 0.666. The van der Waals surface area contributed by atoms with Crippen molar-refractivity contribution in [2.45, 2.75) is 10.9 Å². The molecule has 2 aromatic heterocycles. The van der Waals surface area contributed by atoms with E-state index in [1.807, 2.05) is 30.3 Å². The van der Waals surface area contributed by atoms with Crippen molar-refractivity contribution in [2.24, 2.45) is 0 Å². The molecule has 1 unspecified atom stereocenters. The summed E-state index contributed by atoms with van der Waals surface area (Å²) in [5, 5.41) is 0.679. The smallest absolute Gasteiger partial charge is 0.266 e. The Morgan fingerprint density at radius 1 is 1.00 bits per heavy atom. The molecule has 0 bridgehead atoms. The van der Waals surface area contributed by atoms with Gasteiger partial charge in [0.25, 0.3) is 5.56 Å². The molecule has 7 heteroatoms. The quantitative estimate of drug-likeness (QED) is 0.453. The fraction of sp³-hybridized carbons (Fsp3) is 0.0500. The van der Waals surface area contributed by atoms with Gasteiger partial charge in [-0.15, -0.1) is 0 Å². The summed E-state index contributed by atoms with van der Waals surface area (Å²) in [5.41, 5.74) is 1.57. The molecule has 0 saturated heterocycles. The third-order valence-electron chi connectivity index (χ3n) is 4.02. The van der Waals surface area contributed by atoms with E-state index in [1.165, 1.54) is 4.57 Å². The minimum atomic E-state index is -1.54. The fourth-order valence-electron chi connectivity index (χ4n) is 2.78. The largest absolute Gasteiger partial charge is 0.268 e. The molecule has 1 atom stereocenters. The predicted octanol–water partition coefficient (Wildman–Crippen LogP) is 3.85. The number of fused-ring (bicyclic) bond motifs is 1. The van der Waals surface area contributed by atoms with E-state index in [4.69, 9.17) is 0 Å². The molecule has 5 nitrogen and oxygen atoms in total. The molecule has 0 aliphatic rings. The second-order valence-corrected chi connectivity index (χ2v) is 8.10. The number of benzene rings is 2. The van der Waals surface area contributed by atoms with Crippen molar-refractivity contribution < 1.29 is 4.21 Å². The molecule has 4 aromatic rings. The minimum Gasteiger partial charge on any atom is -0.268 e. The normalized spacial score (nSPS) is 12.2. The average Bonchev–Trinajstić information content (AvgIpc) is 2.69. The van der Waals surface area contributed by atoms with Crippen molar-refractivity contribution in [2.75, 3.05) is 0 Å². The summed E-state index contributed by atoms with van der Waals surface area (Å²) in [5.74, 6) is 0.183. The van der Waals surface area contributed by atoms with Crippen LogP contribution in [0.1, 0.15) is 5.69 Å². The first-order valence-corrected chi connectivity index (χ1v) is 10.3. The molecular weight excluding hydrogens is 426 g/mol. The zero-order valence-corrected chi connectivity index (χ0v) is 16.5.